The van der Waals surface area contributed by atoms with E-state index in [2.05, 4.69) is 307 Å². The van der Waals surface area contributed by atoms with Crippen LogP contribution in [0.2, 0.25) is 0 Å². The molecule has 11 aromatic carbocycles. The second kappa shape index (κ2) is 20.4. The van der Waals surface area contributed by atoms with Crippen molar-refractivity contribution in [1.29, 1.82) is 0 Å². The smallest absolute Gasteiger partial charge is 0.247 e. The fourth-order valence-electron chi connectivity index (χ4n) is 14.9. The Bertz CT molecular complexity index is 5080. The van der Waals surface area contributed by atoms with Crippen molar-refractivity contribution in [3.8, 4) is 50.6 Å². The summed E-state index contributed by atoms with van der Waals surface area (Å²) < 4.78 is 55.5. The molecule has 0 saturated carbocycles. The molecule has 1 aromatic heterocycles. The molecule has 0 aliphatic carbocycles. The number of benzene rings is 11. The highest BCUT2D eigenvalue weighted by Crippen LogP contribution is 2.59. The fraction of sp³-hybridized carbons (Fsp3) is 0.241. The first-order valence-corrected chi connectivity index (χ1v) is 32.5. The van der Waals surface area contributed by atoms with Gasteiger partial charge in [-0.3, -0.25) is 0 Å². The highest BCUT2D eigenvalue weighted by molar-refractivity contribution is 6.99. The third kappa shape index (κ3) is 9.36. The Morgan fingerprint density at radius 1 is 0.363 bits per heavy atom. The van der Waals surface area contributed by atoms with Gasteiger partial charge in [-0.15, -0.1) is 0 Å². The Morgan fingerprint density at radius 2 is 0.879 bits per heavy atom. The van der Waals surface area contributed by atoms with Gasteiger partial charge in [0, 0.05) is 44.5 Å². The number of anilines is 3. The summed E-state index contributed by atoms with van der Waals surface area (Å²) in [4.78, 5) is 2.46. The summed E-state index contributed by atoms with van der Waals surface area (Å²) in [5.41, 5.74) is 23.1. The van der Waals surface area contributed by atoms with Gasteiger partial charge >= 0.3 is 0 Å². The summed E-state index contributed by atoms with van der Waals surface area (Å²) >= 11 is 0. The molecule has 4 heterocycles. The Kier molecular flexibility index (Phi) is 11.8. The lowest BCUT2D eigenvalue weighted by Crippen LogP contribution is -2.65. The van der Waals surface area contributed by atoms with Crippen LogP contribution < -0.4 is 26.0 Å². The number of ether oxygens (including phenoxy) is 1. The van der Waals surface area contributed by atoms with Crippen molar-refractivity contribution < 1.29 is 11.6 Å². The van der Waals surface area contributed by atoms with E-state index in [4.69, 9.17) is 8.85 Å². The minimum Gasteiger partial charge on any atom is -0.457 e. The van der Waals surface area contributed by atoms with Crippen molar-refractivity contribution >= 4 is 62.0 Å². The van der Waals surface area contributed by atoms with E-state index in [1.165, 1.54) is 38.6 Å². The maximum atomic E-state index is 9.51. The van der Waals surface area contributed by atoms with Crippen molar-refractivity contribution in [3.63, 3.8) is 0 Å². The van der Waals surface area contributed by atoms with E-state index in [0.29, 0.717) is 5.56 Å². The quantitative estimate of drug-likeness (QED) is 0.160. The van der Waals surface area contributed by atoms with Crippen LogP contribution in [0.1, 0.15) is 161 Å². The molecule has 0 radical (unpaired) electrons. The summed E-state index contributed by atoms with van der Waals surface area (Å²) in [5.74, 6) is 1.58. The van der Waals surface area contributed by atoms with Crippen LogP contribution in [0.5, 0.6) is 11.5 Å². The average Bonchev–Trinajstić information content (AvgIpc) is 0.724. The zero-order valence-corrected chi connectivity index (χ0v) is 55.4. The number of hydrogen-bond acceptors (Lipinski definition) is 2. The maximum Gasteiger partial charge on any atom is 0.247 e. The Labute approximate surface area is 547 Å². The molecule has 4 heteroatoms. The van der Waals surface area contributed by atoms with Crippen LogP contribution in [0.3, 0.4) is 0 Å². The molecule has 1 spiro atoms. The largest absolute Gasteiger partial charge is 0.457 e. The number of hydrogen-bond donors (Lipinski definition) is 0. The van der Waals surface area contributed by atoms with Gasteiger partial charge in [0.25, 0.3) is 0 Å². The number of aromatic nitrogens is 1. The minimum atomic E-state index is -1.01. The van der Waals surface area contributed by atoms with E-state index in [1.807, 2.05) is 6.07 Å². The summed E-state index contributed by atoms with van der Waals surface area (Å²) in [7, 11) is 0. The summed E-state index contributed by atoms with van der Waals surface area (Å²) in [6.07, 6.45) is 0. The van der Waals surface area contributed by atoms with E-state index in [9.17, 15) is 2.74 Å². The molecule has 3 nitrogen and oxygen atoms in total. The third-order valence-electron chi connectivity index (χ3n) is 20.0. The maximum absolute atomic E-state index is 9.51. The molecule has 0 fully saturated rings. The lowest BCUT2D eigenvalue weighted by Gasteiger charge is -2.50. The van der Waals surface area contributed by atoms with Crippen LogP contribution in [0, 0.1) is 0 Å². The Balaban J connectivity index is 1.15. The fourth-order valence-corrected chi connectivity index (χ4v) is 14.9. The van der Waals surface area contributed by atoms with Gasteiger partial charge in [-0.25, -0.2) is 0 Å². The summed E-state index contributed by atoms with van der Waals surface area (Å²) in [6.45, 7) is 34.0. The van der Waals surface area contributed by atoms with Gasteiger partial charge in [0.1, 0.15) is 11.5 Å². The van der Waals surface area contributed by atoms with Gasteiger partial charge in [0.2, 0.25) is 6.71 Å². The molecular weight excluding hydrogens is 1100 g/mol. The Hall–Kier alpha value is -9.12. The molecule has 0 amide bonds. The SMILES string of the molecule is [2H]c1c([2H])c([2H])c(-c2ccc3c(c2)N(c2ccc(C(C)(C)C)cc2-c2ccccc2)c2cc(-c4cc(C(C)(C)C)cc(C(C)(C)C)c4)cc4c2B3c2ccc(-n3c5ccc(C(C)(C)C)cc5c5cc(C(C)(C)C)ccc53)cc2C42c3ccccc3Oc3ccccc32)c([2H])c1[2H]. The highest BCUT2D eigenvalue weighted by atomic mass is 16.5. The number of rotatable bonds is 5. The number of nitrogens with zero attached hydrogens (tertiary/aromatic N) is 2. The predicted molar refractivity (Wildman–Crippen MR) is 388 cm³/mol. The molecule has 15 rings (SSSR count). The summed E-state index contributed by atoms with van der Waals surface area (Å²) in [5, 5.41) is 2.43. The van der Waals surface area contributed by atoms with Crippen LogP contribution in [0.15, 0.2) is 230 Å². The minimum absolute atomic E-state index is 0.0832. The molecule has 3 aliphatic rings. The van der Waals surface area contributed by atoms with Gasteiger partial charge in [-0.05, 0) is 184 Å². The van der Waals surface area contributed by atoms with Gasteiger partial charge < -0.3 is 14.2 Å². The highest BCUT2D eigenvalue weighted by Gasteiger charge is 2.55. The van der Waals surface area contributed by atoms with Crippen molar-refractivity contribution in [1.82, 2.24) is 4.57 Å². The van der Waals surface area contributed by atoms with Gasteiger partial charge in [-0.2, -0.15) is 0 Å². The normalized spacial score (nSPS) is 15.0. The first kappa shape index (κ1) is 52.6. The topological polar surface area (TPSA) is 17.4 Å². The molecule has 3 aliphatic heterocycles. The molecule has 12 aromatic rings. The van der Waals surface area contributed by atoms with Crippen molar-refractivity contribution in [3.05, 3.63) is 280 Å². The predicted octanol–water partition coefficient (Wildman–Crippen LogP) is 21.4. The van der Waals surface area contributed by atoms with E-state index in [-0.39, 0.29) is 63.5 Å². The van der Waals surface area contributed by atoms with E-state index < -0.39 is 11.5 Å². The molecular formula is C87H83BN2O. The molecule has 91 heavy (non-hydrogen) atoms. The lowest BCUT2D eigenvalue weighted by atomic mass is 9.29. The van der Waals surface area contributed by atoms with E-state index in [0.717, 1.165) is 106 Å². The molecule has 0 saturated heterocycles. The zero-order chi connectivity index (χ0) is 67.8. The standard InChI is InChI=1S/C87H83BN2O/c1-82(2,3)59-35-41-74(65(50-59)55-28-20-17-21-29-55)90-77-47-56(54-26-18-16-19-27-54)34-39-73(77)88-72-40-38-64(89-75-42-36-60(83(4,5)6)51-66(75)67-52-61(84(7,8)9)37-43-76(67)89)53-70(72)87(68-30-22-24-32-79(68)91-80-33-25-23-31-69(80)87)71-46-58(48-78(90)81(71)88)57-44-62(85(10,11)12)49-63(45-57)86(13,14)15/h16-53H,1-15H3/i16D,18D,19D,26D,27D. The molecule has 0 bridgehead atoms. The second-order valence-electron chi connectivity index (χ2n) is 31.1. The molecule has 0 unspecified atom stereocenters. The number of fused-ring (bicyclic) bond motifs is 13. The monoisotopic (exact) mass is 1190 g/mol. The van der Waals surface area contributed by atoms with Gasteiger partial charge in [0.15, 0.2) is 0 Å². The zero-order valence-electron chi connectivity index (χ0n) is 60.4. The molecule has 450 valence electrons. The average molecular weight is 1190 g/mol. The van der Waals surface area contributed by atoms with E-state index >= 15 is 0 Å². The molecule has 0 atom stereocenters. The van der Waals surface area contributed by atoms with Crippen molar-refractivity contribution in [2.45, 2.75) is 136 Å². The van der Waals surface area contributed by atoms with Gasteiger partial charge in [-0.1, -0.05) is 261 Å². The first-order chi connectivity index (χ1) is 45.3. The van der Waals surface area contributed by atoms with Crippen molar-refractivity contribution in [2.24, 2.45) is 0 Å². The van der Waals surface area contributed by atoms with E-state index in [1.54, 1.807) is 0 Å². The Morgan fingerprint density at radius 3 is 1.46 bits per heavy atom. The first-order valence-electron chi connectivity index (χ1n) is 35.0. The second-order valence-corrected chi connectivity index (χ2v) is 31.1. The van der Waals surface area contributed by atoms with Crippen LogP contribution in [-0.2, 0) is 32.5 Å². The summed E-state index contributed by atoms with van der Waals surface area (Å²) in [6, 6.07) is 73.2. The van der Waals surface area contributed by atoms with Gasteiger partial charge in [0.05, 0.1) is 29.0 Å². The third-order valence-corrected chi connectivity index (χ3v) is 20.0. The van der Waals surface area contributed by atoms with Crippen LogP contribution in [-0.4, -0.2) is 11.3 Å². The number of para-hydroxylation sites is 2. The van der Waals surface area contributed by atoms with Crippen LogP contribution >= 0.6 is 0 Å². The lowest BCUT2D eigenvalue weighted by molar-refractivity contribution is 0.435. The molecule has 0 N–H and O–H groups in total. The van der Waals surface area contributed by atoms with Crippen molar-refractivity contribution in [2.75, 3.05) is 4.90 Å². The van der Waals surface area contributed by atoms with Crippen LogP contribution in [0.25, 0.3) is 60.9 Å². The van der Waals surface area contributed by atoms with Crippen LogP contribution in [0.4, 0.5) is 17.1 Å².